The molecule has 0 unspecified atom stereocenters. The van der Waals surface area contributed by atoms with Gasteiger partial charge in [0.05, 0.1) is 8.68 Å². The second-order valence-corrected chi connectivity index (χ2v) is 9.54. The molecule has 1 aromatic rings. The van der Waals surface area contributed by atoms with Crippen molar-refractivity contribution in [3.05, 3.63) is 14.7 Å². The molecule has 0 aromatic carbocycles. The first-order chi connectivity index (χ1) is 9.41. The standard InChI is InChI=1S/C12H20BrN3O2S2/c1-10-11(9-12(13)19-10)20(17,18)15(2)7-8-16-5-3-14-4-6-16/h9,14H,3-8H2,1-2H3. The molecule has 1 fully saturated rings. The fraction of sp³-hybridized carbons (Fsp3) is 0.667. The number of likely N-dealkylation sites (N-methyl/N-ethyl adjacent to an activating group) is 1. The van der Waals surface area contributed by atoms with Crippen molar-refractivity contribution in [2.24, 2.45) is 0 Å². The number of rotatable bonds is 5. The van der Waals surface area contributed by atoms with Gasteiger partial charge in [0.15, 0.2) is 0 Å². The molecule has 8 heteroatoms. The second-order valence-electron chi connectivity index (χ2n) is 4.89. The van der Waals surface area contributed by atoms with Crippen molar-refractivity contribution in [1.29, 1.82) is 0 Å². The van der Waals surface area contributed by atoms with E-state index in [1.54, 1.807) is 13.1 Å². The van der Waals surface area contributed by atoms with Gasteiger partial charge in [0, 0.05) is 51.2 Å². The fourth-order valence-corrected chi connectivity index (χ4v) is 5.73. The van der Waals surface area contributed by atoms with Crippen molar-refractivity contribution < 1.29 is 8.42 Å². The van der Waals surface area contributed by atoms with Crippen LogP contribution in [0.2, 0.25) is 0 Å². The van der Waals surface area contributed by atoms with E-state index in [0.29, 0.717) is 11.4 Å². The molecule has 5 nitrogen and oxygen atoms in total. The smallest absolute Gasteiger partial charge is 0.243 e. The van der Waals surface area contributed by atoms with E-state index in [0.717, 1.165) is 41.4 Å². The van der Waals surface area contributed by atoms with Crippen molar-refractivity contribution >= 4 is 37.3 Å². The lowest BCUT2D eigenvalue weighted by Gasteiger charge is -2.28. The molecule has 1 aliphatic rings. The van der Waals surface area contributed by atoms with Crippen LogP contribution >= 0.6 is 27.3 Å². The van der Waals surface area contributed by atoms with Crippen LogP contribution in [-0.4, -0.2) is 63.9 Å². The van der Waals surface area contributed by atoms with Crippen LogP contribution in [0.1, 0.15) is 4.88 Å². The molecule has 1 aromatic heterocycles. The van der Waals surface area contributed by atoms with Gasteiger partial charge in [-0.25, -0.2) is 8.42 Å². The molecule has 0 radical (unpaired) electrons. The van der Waals surface area contributed by atoms with E-state index >= 15 is 0 Å². The minimum Gasteiger partial charge on any atom is -0.314 e. The number of sulfonamides is 1. The van der Waals surface area contributed by atoms with Gasteiger partial charge in [0.25, 0.3) is 0 Å². The van der Waals surface area contributed by atoms with E-state index in [1.807, 2.05) is 6.92 Å². The van der Waals surface area contributed by atoms with Crippen molar-refractivity contribution in [1.82, 2.24) is 14.5 Å². The average molecular weight is 382 g/mol. The number of hydrogen-bond acceptors (Lipinski definition) is 5. The van der Waals surface area contributed by atoms with Gasteiger partial charge in [-0.15, -0.1) is 11.3 Å². The first kappa shape index (κ1) is 16.4. The lowest BCUT2D eigenvalue weighted by Crippen LogP contribution is -2.46. The van der Waals surface area contributed by atoms with Crippen LogP contribution in [0.5, 0.6) is 0 Å². The van der Waals surface area contributed by atoms with E-state index in [4.69, 9.17) is 0 Å². The highest BCUT2D eigenvalue weighted by atomic mass is 79.9. The highest BCUT2D eigenvalue weighted by Gasteiger charge is 2.25. The van der Waals surface area contributed by atoms with Crippen LogP contribution in [0, 0.1) is 6.92 Å². The molecular weight excluding hydrogens is 362 g/mol. The molecule has 0 aliphatic carbocycles. The number of nitrogens with one attached hydrogen (secondary N) is 1. The van der Waals surface area contributed by atoms with Crippen LogP contribution in [0.4, 0.5) is 0 Å². The summed E-state index contributed by atoms with van der Waals surface area (Å²) in [5.41, 5.74) is 0. The zero-order valence-corrected chi connectivity index (χ0v) is 14.9. The summed E-state index contributed by atoms with van der Waals surface area (Å²) in [5.74, 6) is 0. The fourth-order valence-electron chi connectivity index (χ4n) is 2.19. The van der Waals surface area contributed by atoms with Gasteiger partial charge in [0.1, 0.15) is 0 Å². The van der Waals surface area contributed by atoms with Crippen molar-refractivity contribution in [3.8, 4) is 0 Å². The van der Waals surface area contributed by atoms with Crippen molar-refractivity contribution in [2.45, 2.75) is 11.8 Å². The van der Waals surface area contributed by atoms with Crippen molar-refractivity contribution in [2.75, 3.05) is 46.3 Å². The summed E-state index contributed by atoms with van der Waals surface area (Å²) >= 11 is 4.80. The molecule has 2 heterocycles. The molecule has 1 N–H and O–H groups in total. The molecule has 0 amide bonds. The largest absolute Gasteiger partial charge is 0.314 e. The molecule has 0 spiro atoms. The minimum absolute atomic E-state index is 0.414. The summed E-state index contributed by atoms with van der Waals surface area (Å²) in [7, 11) is -1.72. The lowest BCUT2D eigenvalue weighted by atomic mass is 10.3. The Bertz CT molecular complexity index is 553. The number of piperazine rings is 1. The van der Waals surface area contributed by atoms with Gasteiger partial charge in [0.2, 0.25) is 10.0 Å². The maximum atomic E-state index is 12.5. The third-order valence-electron chi connectivity index (χ3n) is 3.47. The molecule has 0 bridgehead atoms. The predicted octanol–water partition coefficient (Wildman–Crippen LogP) is 1.34. The number of thiophene rings is 1. The summed E-state index contributed by atoms with van der Waals surface area (Å²) in [6.45, 7) is 7.07. The minimum atomic E-state index is -3.38. The van der Waals surface area contributed by atoms with Gasteiger partial charge in [-0.1, -0.05) is 0 Å². The Labute approximate surface area is 133 Å². The Morgan fingerprint density at radius 3 is 2.65 bits per heavy atom. The van der Waals surface area contributed by atoms with Crippen LogP contribution in [0.25, 0.3) is 0 Å². The molecule has 1 saturated heterocycles. The summed E-state index contributed by atoms with van der Waals surface area (Å²) in [5, 5.41) is 3.29. The Kier molecular flexibility index (Phi) is 5.61. The third kappa shape index (κ3) is 3.80. The SMILES string of the molecule is Cc1sc(Br)cc1S(=O)(=O)N(C)CCN1CCNCC1. The highest BCUT2D eigenvalue weighted by Crippen LogP contribution is 2.31. The Morgan fingerprint density at radius 1 is 1.45 bits per heavy atom. The lowest BCUT2D eigenvalue weighted by molar-refractivity contribution is 0.229. The van der Waals surface area contributed by atoms with Gasteiger partial charge in [-0.05, 0) is 28.9 Å². The topological polar surface area (TPSA) is 52.7 Å². The van der Waals surface area contributed by atoms with Crippen LogP contribution in [-0.2, 0) is 10.0 Å². The van der Waals surface area contributed by atoms with Crippen LogP contribution < -0.4 is 5.32 Å². The summed E-state index contributed by atoms with van der Waals surface area (Å²) < 4.78 is 27.3. The second kappa shape index (κ2) is 6.85. The molecule has 114 valence electrons. The Balaban J connectivity index is 2.00. The van der Waals surface area contributed by atoms with E-state index in [1.165, 1.54) is 15.6 Å². The highest BCUT2D eigenvalue weighted by molar-refractivity contribution is 9.11. The number of aryl methyl sites for hydroxylation is 1. The van der Waals surface area contributed by atoms with E-state index in [-0.39, 0.29) is 0 Å². The maximum absolute atomic E-state index is 12.5. The molecule has 0 atom stereocenters. The average Bonchev–Trinajstić information content (AvgIpc) is 2.77. The van der Waals surface area contributed by atoms with Gasteiger partial charge in [-0.2, -0.15) is 4.31 Å². The third-order valence-corrected chi connectivity index (χ3v) is 7.14. The first-order valence-corrected chi connectivity index (χ1v) is 9.61. The normalized spacial score (nSPS) is 17.8. The zero-order chi connectivity index (χ0) is 14.8. The van der Waals surface area contributed by atoms with Crippen molar-refractivity contribution in [3.63, 3.8) is 0 Å². The summed E-state index contributed by atoms with van der Waals surface area (Å²) in [6, 6.07) is 1.69. The molecular formula is C12H20BrN3O2S2. The predicted molar refractivity (Wildman–Crippen MR) is 85.9 cm³/mol. The van der Waals surface area contributed by atoms with Gasteiger partial charge in [-0.3, -0.25) is 4.90 Å². The van der Waals surface area contributed by atoms with Crippen LogP contribution in [0.3, 0.4) is 0 Å². The van der Waals surface area contributed by atoms with E-state index in [2.05, 4.69) is 26.1 Å². The quantitative estimate of drug-likeness (QED) is 0.835. The molecule has 0 saturated carbocycles. The first-order valence-electron chi connectivity index (χ1n) is 6.56. The number of nitrogens with zero attached hydrogens (tertiary/aromatic N) is 2. The number of hydrogen-bond donors (Lipinski definition) is 1. The molecule has 2 rings (SSSR count). The maximum Gasteiger partial charge on any atom is 0.243 e. The summed E-state index contributed by atoms with van der Waals surface area (Å²) in [6.07, 6.45) is 0. The Morgan fingerprint density at radius 2 is 2.10 bits per heavy atom. The van der Waals surface area contributed by atoms with Crippen LogP contribution in [0.15, 0.2) is 14.7 Å². The van der Waals surface area contributed by atoms with Gasteiger partial charge < -0.3 is 5.32 Å². The zero-order valence-electron chi connectivity index (χ0n) is 11.7. The summed E-state index contributed by atoms with van der Waals surface area (Å²) in [4.78, 5) is 3.53. The number of halogens is 1. The molecule has 1 aliphatic heterocycles. The van der Waals surface area contributed by atoms with E-state index < -0.39 is 10.0 Å². The molecule has 20 heavy (non-hydrogen) atoms. The Hall–Kier alpha value is 0.01000. The monoisotopic (exact) mass is 381 g/mol. The van der Waals surface area contributed by atoms with Gasteiger partial charge >= 0.3 is 0 Å². The van der Waals surface area contributed by atoms with E-state index in [9.17, 15) is 8.42 Å².